The van der Waals surface area contributed by atoms with Gasteiger partial charge >= 0.3 is 12.1 Å². The highest BCUT2D eigenvalue weighted by atomic mass is 16.6. The van der Waals surface area contributed by atoms with Crippen LogP contribution in [0.3, 0.4) is 0 Å². The number of unbranched alkanes of at least 4 members (excludes halogenated alkanes) is 2. The quantitative estimate of drug-likeness (QED) is 0.314. The number of likely N-dealkylation sites (N-methyl/N-ethyl adjacent to an activating group) is 1. The molecule has 5 heteroatoms. The first kappa shape index (κ1) is 26.7. The van der Waals surface area contributed by atoms with Gasteiger partial charge in [0.05, 0.1) is 13.2 Å². The SMILES string of the molecule is CCCCC(CC)COC(=O)C(C(C)C)N(C)C(=O)OCC(CC)CCCC. The lowest BCUT2D eigenvalue weighted by atomic mass is 10.00. The Balaban J connectivity index is 4.72. The summed E-state index contributed by atoms with van der Waals surface area (Å²) in [5, 5.41) is 0. The van der Waals surface area contributed by atoms with Crippen LogP contribution in [0.15, 0.2) is 0 Å². The third-order valence-corrected chi connectivity index (χ3v) is 5.57. The van der Waals surface area contributed by atoms with Gasteiger partial charge in [0, 0.05) is 7.05 Å². The van der Waals surface area contributed by atoms with Crippen LogP contribution in [0.2, 0.25) is 0 Å². The van der Waals surface area contributed by atoms with Gasteiger partial charge < -0.3 is 9.47 Å². The van der Waals surface area contributed by atoms with Gasteiger partial charge in [-0.25, -0.2) is 9.59 Å². The Labute approximate surface area is 173 Å². The van der Waals surface area contributed by atoms with E-state index in [-0.39, 0.29) is 11.9 Å². The zero-order valence-electron chi connectivity index (χ0n) is 19.5. The molecule has 0 aliphatic heterocycles. The molecule has 5 nitrogen and oxygen atoms in total. The van der Waals surface area contributed by atoms with E-state index in [4.69, 9.17) is 9.47 Å². The minimum Gasteiger partial charge on any atom is -0.464 e. The van der Waals surface area contributed by atoms with E-state index in [1.165, 1.54) is 4.90 Å². The zero-order valence-corrected chi connectivity index (χ0v) is 19.5. The van der Waals surface area contributed by atoms with Crippen LogP contribution in [-0.4, -0.2) is 43.3 Å². The lowest BCUT2D eigenvalue weighted by molar-refractivity contribution is -0.152. The maximum absolute atomic E-state index is 12.7. The molecule has 0 saturated heterocycles. The van der Waals surface area contributed by atoms with Gasteiger partial charge in [-0.2, -0.15) is 0 Å². The second-order valence-electron chi connectivity index (χ2n) is 8.34. The molecule has 0 fully saturated rings. The number of carbonyl (C=O) groups excluding carboxylic acids is 2. The second kappa shape index (κ2) is 15.6. The van der Waals surface area contributed by atoms with Crippen molar-refractivity contribution in [3.05, 3.63) is 0 Å². The van der Waals surface area contributed by atoms with Crippen molar-refractivity contribution in [2.24, 2.45) is 17.8 Å². The topological polar surface area (TPSA) is 55.8 Å². The average molecular weight is 400 g/mol. The van der Waals surface area contributed by atoms with Gasteiger partial charge in [-0.15, -0.1) is 0 Å². The molecule has 3 unspecified atom stereocenters. The van der Waals surface area contributed by atoms with E-state index in [1.54, 1.807) is 7.05 Å². The summed E-state index contributed by atoms with van der Waals surface area (Å²) in [4.78, 5) is 26.6. The van der Waals surface area contributed by atoms with E-state index in [1.807, 2.05) is 13.8 Å². The van der Waals surface area contributed by atoms with Crippen molar-refractivity contribution < 1.29 is 19.1 Å². The molecule has 0 N–H and O–H groups in total. The molecule has 0 heterocycles. The fourth-order valence-electron chi connectivity index (χ4n) is 3.36. The fraction of sp³-hybridized carbons (Fsp3) is 0.913. The first-order valence-electron chi connectivity index (χ1n) is 11.4. The summed E-state index contributed by atoms with van der Waals surface area (Å²) in [6.07, 6.45) is 8.25. The third-order valence-electron chi connectivity index (χ3n) is 5.57. The lowest BCUT2D eigenvalue weighted by Gasteiger charge is -2.30. The molecule has 166 valence electrons. The monoisotopic (exact) mass is 399 g/mol. The van der Waals surface area contributed by atoms with Crippen LogP contribution < -0.4 is 0 Å². The predicted molar refractivity (Wildman–Crippen MR) is 115 cm³/mol. The number of ether oxygens (including phenoxy) is 2. The van der Waals surface area contributed by atoms with E-state index in [0.29, 0.717) is 25.0 Å². The summed E-state index contributed by atoms with van der Waals surface area (Å²) in [5.74, 6) is 0.397. The first-order valence-corrected chi connectivity index (χ1v) is 11.4. The Hall–Kier alpha value is -1.26. The van der Waals surface area contributed by atoms with E-state index in [9.17, 15) is 9.59 Å². The van der Waals surface area contributed by atoms with E-state index in [2.05, 4.69) is 27.7 Å². The van der Waals surface area contributed by atoms with Crippen LogP contribution in [0, 0.1) is 17.8 Å². The molecule has 0 aromatic heterocycles. The standard InChI is InChI=1S/C23H45NO4/c1-8-12-14-19(10-3)16-27-22(25)21(18(5)6)24(7)23(26)28-17-20(11-4)15-13-9-2/h18-21H,8-17H2,1-7H3. The highest BCUT2D eigenvalue weighted by molar-refractivity contribution is 5.81. The summed E-state index contributed by atoms with van der Waals surface area (Å²) >= 11 is 0. The number of hydrogen-bond donors (Lipinski definition) is 0. The Morgan fingerprint density at radius 3 is 1.68 bits per heavy atom. The van der Waals surface area contributed by atoms with Crippen molar-refractivity contribution in [1.82, 2.24) is 4.90 Å². The molecule has 28 heavy (non-hydrogen) atoms. The minimum atomic E-state index is -0.619. The average Bonchev–Trinajstić information content (AvgIpc) is 2.67. The third kappa shape index (κ3) is 10.3. The molecule has 0 aliphatic rings. The molecule has 0 radical (unpaired) electrons. The number of esters is 1. The molecular formula is C23H45NO4. The van der Waals surface area contributed by atoms with Crippen molar-refractivity contribution in [3.63, 3.8) is 0 Å². The van der Waals surface area contributed by atoms with Crippen molar-refractivity contribution in [2.75, 3.05) is 20.3 Å². The van der Waals surface area contributed by atoms with Gasteiger partial charge in [0.25, 0.3) is 0 Å². The maximum atomic E-state index is 12.7. The summed E-state index contributed by atoms with van der Waals surface area (Å²) in [5.41, 5.74) is 0. The van der Waals surface area contributed by atoms with E-state index >= 15 is 0 Å². The molecule has 1 amide bonds. The van der Waals surface area contributed by atoms with E-state index in [0.717, 1.165) is 51.4 Å². The second-order valence-corrected chi connectivity index (χ2v) is 8.34. The summed E-state index contributed by atoms with van der Waals surface area (Å²) in [6, 6.07) is -0.619. The minimum absolute atomic E-state index is 0.0390. The maximum Gasteiger partial charge on any atom is 0.410 e. The summed E-state index contributed by atoms with van der Waals surface area (Å²) in [6.45, 7) is 13.3. The molecular weight excluding hydrogens is 354 g/mol. The Bertz CT molecular complexity index is 425. The van der Waals surface area contributed by atoms with Crippen molar-refractivity contribution in [2.45, 2.75) is 99.0 Å². The molecule has 0 aromatic carbocycles. The van der Waals surface area contributed by atoms with Crippen molar-refractivity contribution in [3.8, 4) is 0 Å². The Morgan fingerprint density at radius 2 is 1.29 bits per heavy atom. The van der Waals surface area contributed by atoms with Gasteiger partial charge in [-0.05, 0) is 30.6 Å². The van der Waals surface area contributed by atoms with Gasteiger partial charge in [-0.1, -0.05) is 80.1 Å². The van der Waals surface area contributed by atoms with Gasteiger partial charge in [0.15, 0.2) is 0 Å². The number of hydrogen-bond acceptors (Lipinski definition) is 4. The highest BCUT2D eigenvalue weighted by Gasteiger charge is 2.32. The number of rotatable bonds is 15. The summed E-state index contributed by atoms with van der Waals surface area (Å²) < 4.78 is 11.1. The normalized spacial score (nSPS) is 14.4. The molecule has 0 spiro atoms. The fourth-order valence-corrected chi connectivity index (χ4v) is 3.36. The Morgan fingerprint density at radius 1 is 0.821 bits per heavy atom. The van der Waals surface area contributed by atoms with Gasteiger partial charge in [-0.3, -0.25) is 4.90 Å². The van der Waals surface area contributed by atoms with Gasteiger partial charge in [0.1, 0.15) is 6.04 Å². The number of carbonyl (C=O) groups is 2. The molecule has 3 atom stereocenters. The van der Waals surface area contributed by atoms with Crippen LogP contribution in [0.5, 0.6) is 0 Å². The van der Waals surface area contributed by atoms with Crippen molar-refractivity contribution in [1.29, 1.82) is 0 Å². The van der Waals surface area contributed by atoms with Crippen LogP contribution in [0.1, 0.15) is 92.9 Å². The van der Waals surface area contributed by atoms with Gasteiger partial charge in [0.2, 0.25) is 0 Å². The zero-order chi connectivity index (χ0) is 21.5. The highest BCUT2D eigenvalue weighted by Crippen LogP contribution is 2.18. The predicted octanol–water partition coefficient (Wildman–Crippen LogP) is 6.06. The van der Waals surface area contributed by atoms with E-state index < -0.39 is 12.1 Å². The molecule has 0 aliphatic carbocycles. The van der Waals surface area contributed by atoms with Crippen LogP contribution in [0.25, 0.3) is 0 Å². The lowest BCUT2D eigenvalue weighted by Crippen LogP contribution is -2.47. The molecule has 0 saturated carbocycles. The summed E-state index contributed by atoms with van der Waals surface area (Å²) in [7, 11) is 1.63. The molecule has 0 aromatic rings. The molecule has 0 rings (SSSR count). The Kier molecular flexibility index (Phi) is 14.9. The van der Waals surface area contributed by atoms with Crippen molar-refractivity contribution >= 4 is 12.1 Å². The van der Waals surface area contributed by atoms with Crippen LogP contribution in [-0.2, 0) is 14.3 Å². The first-order chi connectivity index (χ1) is 13.3. The largest absolute Gasteiger partial charge is 0.464 e. The van der Waals surface area contributed by atoms with Crippen LogP contribution >= 0.6 is 0 Å². The van der Waals surface area contributed by atoms with Crippen LogP contribution in [0.4, 0.5) is 4.79 Å². The number of nitrogens with zero attached hydrogens (tertiary/aromatic N) is 1. The molecule has 0 bridgehead atoms. The number of amides is 1. The smallest absolute Gasteiger partial charge is 0.410 e.